The highest BCUT2D eigenvalue weighted by Crippen LogP contribution is 2.38. The molecule has 0 aromatic rings. The number of allylic oxidation sites excluding steroid dienone is 1. The van der Waals surface area contributed by atoms with Crippen molar-refractivity contribution in [1.29, 1.82) is 0 Å². The van der Waals surface area contributed by atoms with E-state index in [1.807, 2.05) is 0 Å². The molecule has 1 nitrogen and oxygen atoms in total. The van der Waals surface area contributed by atoms with Crippen LogP contribution >= 0.6 is 0 Å². The highest BCUT2D eigenvalue weighted by molar-refractivity contribution is 5.03. The van der Waals surface area contributed by atoms with Crippen molar-refractivity contribution in [2.75, 3.05) is 13.1 Å². The Bertz CT molecular complexity index is 148. The van der Waals surface area contributed by atoms with E-state index < -0.39 is 0 Å². The van der Waals surface area contributed by atoms with Crippen LogP contribution in [0.15, 0.2) is 12.3 Å². The topological polar surface area (TPSA) is 3.24 Å². The highest BCUT2D eigenvalue weighted by atomic mass is 15.2. The third kappa shape index (κ3) is 1.42. The molecule has 0 aromatic heterocycles. The minimum atomic E-state index is 0.624. The van der Waals surface area contributed by atoms with Crippen LogP contribution in [0.3, 0.4) is 0 Å². The van der Waals surface area contributed by atoms with Crippen molar-refractivity contribution < 1.29 is 0 Å². The van der Waals surface area contributed by atoms with Gasteiger partial charge >= 0.3 is 0 Å². The van der Waals surface area contributed by atoms with Crippen LogP contribution in [0.1, 0.15) is 33.6 Å². The zero-order valence-corrected chi connectivity index (χ0v) is 7.98. The molecule has 0 aromatic carbocycles. The molecule has 0 aliphatic carbocycles. The average Bonchev–Trinajstić information content (AvgIpc) is 1.87. The van der Waals surface area contributed by atoms with Gasteiger partial charge in [0.15, 0.2) is 0 Å². The SMILES string of the molecule is C=C(C)N1CC(CC)(CC)C1. The van der Waals surface area contributed by atoms with Gasteiger partial charge in [0.2, 0.25) is 0 Å². The van der Waals surface area contributed by atoms with E-state index in [9.17, 15) is 0 Å². The van der Waals surface area contributed by atoms with Gasteiger partial charge < -0.3 is 4.90 Å². The fourth-order valence-electron chi connectivity index (χ4n) is 1.73. The Balaban J connectivity index is 2.41. The molecule has 11 heavy (non-hydrogen) atoms. The maximum atomic E-state index is 3.94. The molecule has 1 aliphatic heterocycles. The molecule has 0 unspecified atom stereocenters. The summed E-state index contributed by atoms with van der Waals surface area (Å²) < 4.78 is 0. The molecule has 1 aliphatic rings. The van der Waals surface area contributed by atoms with Crippen LogP contribution in [0.2, 0.25) is 0 Å². The number of nitrogens with zero attached hydrogens (tertiary/aromatic N) is 1. The molecule has 0 spiro atoms. The summed E-state index contributed by atoms with van der Waals surface area (Å²) in [5, 5.41) is 0. The van der Waals surface area contributed by atoms with Crippen molar-refractivity contribution in [2.45, 2.75) is 33.6 Å². The van der Waals surface area contributed by atoms with Crippen LogP contribution in [0.4, 0.5) is 0 Å². The molecular formula is C10H19N. The number of likely N-dealkylation sites (tertiary alicyclic amines) is 1. The van der Waals surface area contributed by atoms with Crippen LogP contribution in [0.25, 0.3) is 0 Å². The van der Waals surface area contributed by atoms with E-state index in [0.717, 1.165) is 0 Å². The van der Waals surface area contributed by atoms with Crippen molar-refractivity contribution in [2.24, 2.45) is 5.41 Å². The summed E-state index contributed by atoms with van der Waals surface area (Å²) in [5.41, 5.74) is 1.85. The third-order valence-corrected chi connectivity index (χ3v) is 3.09. The standard InChI is InChI=1S/C10H19N/c1-5-10(6-2)7-11(8-10)9(3)4/h3,5-8H2,1-2,4H3. The summed E-state index contributed by atoms with van der Waals surface area (Å²) in [7, 11) is 0. The molecule has 64 valence electrons. The van der Waals surface area contributed by atoms with Crippen LogP contribution in [-0.2, 0) is 0 Å². The summed E-state index contributed by atoms with van der Waals surface area (Å²) in [4.78, 5) is 2.37. The van der Waals surface area contributed by atoms with Gasteiger partial charge in [0.1, 0.15) is 0 Å². The van der Waals surface area contributed by atoms with Gasteiger partial charge in [-0.25, -0.2) is 0 Å². The quantitative estimate of drug-likeness (QED) is 0.602. The zero-order chi connectivity index (χ0) is 8.48. The van der Waals surface area contributed by atoms with Crippen LogP contribution in [0.5, 0.6) is 0 Å². The number of hydrogen-bond acceptors (Lipinski definition) is 1. The van der Waals surface area contributed by atoms with E-state index in [4.69, 9.17) is 0 Å². The Morgan fingerprint density at radius 2 is 1.82 bits per heavy atom. The minimum Gasteiger partial charge on any atom is -0.374 e. The average molecular weight is 153 g/mol. The van der Waals surface area contributed by atoms with Crippen LogP contribution in [0, 0.1) is 5.41 Å². The second kappa shape index (κ2) is 2.88. The van der Waals surface area contributed by atoms with Crippen molar-refractivity contribution in [3.63, 3.8) is 0 Å². The van der Waals surface area contributed by atoms with Gasteiger partial charge in [-0.05, 0) is 19.8 Å². The van der Waals surface area contributed by atoms with Crippen molar-refractivity contribution in [3.8, 4) is 0 Å². The summed E-state index contributed by atoms with van der Waals surface area (Å²) in [6, 6.07) is 0. The molecule has 1 heteroatoms. The van der Waals surface area contributed by atoms with E-state index in [0.29, 0.717) is 5.41 Å². The minimum absolute atomic E-state index is 0.624. The van der Waals surface area contributed by atoms with Gasteiger partial charge in [0, 0.05) is 24.2 Å². The van der Waals surface area contributed by atoms with Gasteiger partial charge in [-0.15, -0.1) is 0 Å². The molecule has 1 fully saturated rings. The number of hydrogen-bond donors (Lipinski definition) is 0. The predicted octanol–water partition coefficient (Wildman–Crippen LogP) is 2.64. The lowest BCUT2D eigenvalue weighted by Gasteiger charge is -2.51. The maximum absolute atomic E-state index is 3.94. The molecular weight excluding hydrogens is 134 g/mol. The lowest BCUT2D eigenvalue weighted by atomic mass is 9.75. The first-order valence-corrected chi connectivity index (χ1v) is 4.54. The van der Waals surface area contributed by atoms with E-state index in [1.165, 1.54) is 31.6 Å². The summed E-state index contributed by atoms with van der Waals surface area (Å²) in [6.07, 6.45) is 2.63. The van der Waals surface area contributed by atoms with Gasteiger partial charge in [0.25, 0.3) is 0 Å². The Hall–Kier alpha value is -0.460. The van der Waals surface area contributed by atoms with E-state index in [1.54, 1.807) is 0 Å². The lowest BCUT2D eigenvalue weighted by molar-refractivity contribution is 0.0224. The fraction of sp³-hybridized carbons (Fsp3) is 0.800. The maximum Gasteiger partial charge on any atom is 0.0248 e. The first-order valence-electron chi connectivity index (χ1n) is 4.54. The third-order valence-electron chi connectivity index (χ3n) is 3.09. The molecule has 0 bridgehead atoms. The molecule has 0 radical (unpaired) electrons. The summed E-state index contributed by atoms with van der Waals surface area (Å²) >= 11 is 0. The second-order valence-electron chi connectivity index (χ2n) is 3.80. The Morgan fingerprint density at radius 3 is 2.09 bits per heavy atom. The van der Waals surface area contributed by atoms with Gasteiger partial charge in [-0.3, -0.25) is 0 Å². The van der Waals surface area contributed by atoms with Crippen molar-refractivity contribution in [3.05, 3.63) is 12.3 Å². The van der Waals surface area contributed by atoms with Crippen LogP contribution < -0.4 is 0 Å². The van der Waals surface area contributed by atoms with Crippen LogP contribution in [-0.4, -0.2) is 18.0 Å². The lowest BCUT2D eigenvalue weighted by Crippen LogP contribution is -2.54. The first-order chi connectivity index (χ1) is 5.13. The molecule has 0 atom stereocenters. The number of rotatable bonds is 3. The molecule has 0 saturated carbocycles. The molecule has 1 rings (SSSR count). The van der Waals surface area contributed by atoms with Crippen molar-refractivity contribution >= 4 is 0 Å². The first kappa shape index (κ1) is 8.63. The summed E-state index contributed by atoms with van der Waals surface area (Å²) in [5.74, 6) is 0. The zero-order valence-electron chi connectivity index (χ0n) is 7.98. The van der Waals surface area contributed by atoms with Gasteiger partial charge in [0.05, 0.1) is 0 Å². The largest absolute Gasteiger partial charge is 0.374 e. The Kier molecular flexibility index (Phi) is 2.26. The monoisotopic (exact) mass is 153 g/mol. The van der Waals surface area contributed by atoms with Gasteiger partial charge in [-0.2, -0.15) is 0 Å². The second-order valence-corrected chi connectivity index (χ2v) is 3.80. The van der Waals surface area contributed by atoms with E-state index in [2.05, 4.69) is 32.3 Å². The van der Waals surface area contributed by atoms with Crippen molar-refractivity contribution in [1.82, 2.24) is 4.90 Å². The Labute approximate surface area is 70.1 Å². The fourth-order valence-corrected chi connectivity index (χ4v) is 1.73. The molecule has 1 saturated heterocycles. The highest BCUT2D eigenvalue weighted by Gasteiger charge is 2.39. The smallest absolute Gasteiger partial charge is 0.0248 e. The van der Waals surface area contributed by atoms with E-state index in [-0.39, 0.29) is 0 Å². The molecule has 1 heterocycles. The Morgan fingerprint density at radius 1 is 1.36 bits per heavy atom. The molecule has 0 N–H and O–H groups in total. The molecule has 0 amide bonds. The summed E-state index contributed by atoms with van der Waals surface area (Å²) in [6.45, 7) is 13.1. The van der Waals surface area contributed by atoms with Gasteiger partial charge in [-0.1, -0.05) is 20.4 Å². The van der Waals surface area contributed by atoms with E-state index >= 15 is 0 Å². The normalized spacial score (nSPS) is 21.2. The predicted molar refractivity (Wildman–Crippen MR) is 49.4 cm³/mol.